The van der Waals surface area contributed by atoms with Crippen LogP contribution in [0.15, 0.2) is 30.3 Å². The first-order valence-electron chi connectivity index (χ1n) is 6.83. The Morgan fingerprint density at radius 1 is 1.32 bits per heavy atom. The van der Waals surface area contributed by atoms with E-state index in [2.05, 4.69) is 26.0 Å². The molecule has 0 aromatic heterocycles. The summed E-state index contributed by atoms with van der Waals surface area (Å²) in [5.41, 5.74) is 1.26. The lowest BCUT2D eigenvalue weighted by molar-refractivity contribution is -0.145. The SMILES string of the molecule is CC1(C)C(COCc2ccccc2)CC1CC(=O)O. The summed E-state index contributed by atoms with van der Waals surface area (Å²) in [6, 6.07) is 10.1. The zero-order chi connectivity index (χ0) is 13.9. The molecule has 0 bridgehead atoms. The van der Waals surface area contributed by atoms with Crippen LogP contribution in [0, 0.1) is 17.3 Å². The van der Waals surface area contributed by atoms with Crippen molar-refractivity contribution in [1.29, 1.82) is 0 Å². The molecule has 1 aliphatic carbocycles. The van der Waals surface area contributed by atoms with Crippen molar-refractivity contribution in [3.63, 3.8) is 0 Å². The molecule has 2 rings (SSSR count). The van der Waals surface area contributed by atoms with Crippen LogP contribution < -0.4 is 0 Å². The molecule has 0 aliphatic heterocycles. The summed E-state index contributed by atoms with van der Waals surface area (Å²) in [6.45, 7) is 5.66. The maximum absolute atomic E-state index is 10.8. The van der Waals surface area contributed by atoms with Gasteiger partial charge in [-0.3, -0.25) is 4.79 Å². The van der Waals surface area contributed by atoms with Crippen molar-refractivity contribution < 1.29 is 14.6 Å². The van der Waals surface area contributed by atoms with Gasteiger partial charge < -0.3 is 9.84 Å². The maximum atomic E-state index is 10.8. The molecule has 2 atom stereocenters. The van der Waals surface area contributed by atoms with Gasteiger partial charge in [0.25, 0.3) is 0 Å². The number of hydrogen-bond donors (Lipinski definition) is 1. The van der Waals surface area contributed by atoms with Gasteiger partial charge in [0.2, 0.25) is 0 Å². The zero-order valence-corrected chi connectivity index (χ0v) is 11.6. The number of carboxylic acids is 1. The summed E-state index contributed by atoms with van der Waals surface area (Å²) in [7, 11) is 0. The third kappa shape index (κ3) is 3.35. The van der Waals surface area contributed by atoms with E-state index >= 15 is 0 Å². The second-order valence-electron chi connectivity index (χ2n) is 6.05. The Hall–Kier alpha value is -1.35. The topological polar surface area (TPSA) is 46.5 Å². The van der Waals surface area contributed by atoms with Crippen LogP contribution >= 0.6 is 0 Å². The molecular formula is C16H22O3. The first-order chi connectivity index (χ1) is 9.00. The molecule has 2 unspecified atom stereocenters. The van der Waals surface area contributed by atoms with Crippen LogP contribution in [0.25, 0.3) is 0 Å². The lowest BCUT2D eigenvalue weighted by Crippen LogP contribution is -2.47. The Balaban J connectivity index is 1.75. The van der Waals surface area contributed by atoms with Crippen molar-refractivity contribution in [2.75, 3.05) is 6.61 Å². The maximum Gasteiger partial charge on any atom is 0.303 e. The predicted molar refractivity (Wildman–Crippen MR) is 73.7 cm³/mol. The molecule has 0 heterocycles. The van der Waals surface area contributed by atoms with Gasteiger partial charge in [0.1, 0.15) is 0 Å². The van der Waals surface area contributed by atoms with Gasteiger partial charge >= 0.3 is 5.97 Å². The molecule has 0 amide bonds. The Labute approximate surface area is 114 Å². The van der Waals surface area contributed by atoms with E-state index in [1.165, 1.54) is 5.56 Å². The number of carbonyl (C=O) groups is 1. The largest absolute Gasteiger partial charge is 0.481 e. The van der Waals surface area contributed by atoms with Crippen LogP contribution in [-0.4, -0.2) is 17.7 Å². The van der Waals surface area contributed by atoms with Crippen LogP contribution in [0.1, 0.15) is 32.3 Å². The molecule has 0 saturated heterocycles. The molecule has 104 valence electrons. The van der Waals surface area contributed by atoms with Gasteiger partial charge in [-0.15, -0.1) is 0 Å². The Bertz CT molecular complexity index is 425. The minimum Gasteiger partial charge on any atom is -0.481 e. The summed E-state index contributed by atoms with van der Waals surface area (Å²) in [4.78, 5) is 10.8. The van der Waals surface area contributed by atoms with Gasteiger partial charge in [-0.1, -0.05) is 44.2 Å². The van der Waals surface area contributed by atoms with Crippen molar-refractivity contribution in [2.45, 2.75) is 33.3 Å². The molecule has 1 aromatic carbocycles. The number of carboxylic acid groups (broad SMARTS) is 1. The van der Waals surface area contributed by atoms with Gasteiger partial charge in [-0.05, 0) is 29.2 Å². The average Bonchev–Trinajstić information content (AvgIpc) is 2.37. The van der Waals surface area contributed by atoms with E-state index in [1.807, 2.05) is 18.2 Å². The van der Waals surface area contributed by atoms with E-state index in [-0.39, 0.29) is 17.8 Å². The number of ether oxygens (including phenoxy) is 1. The van der Waals surface area contributed by atoms with Crippen molar-refractivity contribution in [2.24, 2.45) is 17.3 Å². The third-order valence-corrected chi connectivity index (χ3v) is 4.53. The first-order valence-corrected chi connectivity index (χ1v) is 6.83. The molecule has 3 heteroatoms. The second kappa shape index (κ2) is 5.74. The van der Waals surface area contributed by atoms with Gasteiger partial charge in [-0.2, -0.15) is 0 Å². The number of rotatable bonds is 6. The highest BCUT2D eigenvalue weighted by molar-refractivity contribution is 5.67. The average molecular weight is 262 g/mol. The highest BCUT2D eigenvalue weighted by Gasteiger charge is 2.48. The molecule has 0 spiro atoms. The fraction of sp³-hybridized carbons (Fsp3) is 0.562. The van der Waals surface area contributed by atoms with Crippen molar-refractivity contribution in [1.82, 2.24) is 0 Å². The van der Waals surface area contributed by atoms with Crippen LogP contribution in [0.2, 0.25) is 0 Å². The second-order valence-corrected chi connectivity index (χ2v) is 6.05. The van der Waals surface area contributed by atoms with Crippen LogP contribution in [0.4, 0.5) is 0 Å². The molecular weight excluding hydrogens is 240 g/mol. The minimum atomic E-state index is -0.693. The summed E-state index contributed by atoms with van der Waals surface area (Å²) < 4.78 is 5.77. The number of aliphatic carboxylic acids is 1. The fourth-order valence-electron chi connectivity index (χ4n) is 2.86. The molecule has 1 fully saturated rings. The fourth-order valence-corrected chi connectivity index (χ4v) is 2.86. The van der Waals surface area contributed by atoms with Gasteiger partial charge in [0.05, 0.1) is 13.2 Å². The molecule has 0 radical (unpaired) electrons. The molecule has 1 aromatic rings. The van der Waals surface area contributed by atoms with E-state index in [4.69, 9.17) is 9.84 Å². The Kier molecular flexibility index (Phi) is 4.25. The molecule has 1 aliphatic rings. The summed E-state index contributed by atoms with van der Waals surface area (Å²) in [6.07, 6.45) is 1.25. The number of hydrogen-bond acceptors (Lipinski definition) is 2. The smallest absolute Gasteiger partial charge is 0.303 e. The van der Waals surface area contributed by atoms with E-state index in [0.29, 0.717) is 12.5 Å². The third-order valence-electron chi connectivity index (χ3n) is 4.53. The molecule has 3 nitrogen and oxygen atoms in total. The van der Waals surface area contributed by atoms with Crippen molar-refractivity contribution in [3.8, 4) is 0 Å². The Morgan fingerprint density at radius 3 is 2.58 bits per heavy atom. The van der Waals surface area contributed by atoms with Gasteiger partial charge in [0.15, 0.2) is 0 Å². The highest BCUT2D eigenvalue weighted by Crippen LogP contribution is 2.52. The summed E-state index contributed by atoms with van der Waals surface area (Å²) in [5, 5.41) is 8.86. The minimum absolute atomic E-state index is 0.0785. The summed E-state index contributed by atoms with van der Waals surface area (Å²) >= 11 is 0. The van der Waals surface area contributed by atoms with Gasteiger partial charge in [0, 0.05) is 6.42 Å². The van der Waals surface area contributed by atoms with Crippen molar-refractivity contribution >= 4 is 5.97 Å². The Morgan fingerprint density at radius 2 is 2.00 bits per heavy atom. The highest BCUT2D eigenvalue weighted by atomic mass is 16.5. The van der Waals surface area contributed by atoms with E-state index in [0.717, 1.165) is 13.0 Å². The number of benzene rings is 1. The molecule has 19 heavy (non-hydrogen) atoms. The first kappa shape index (κ1) is 14.1. The van der Waals surface area contributed by atoms with E-state index in [1.54, 1.807) is 0 Å². The van der Waals surface area contributed by atoms with E-state index < -0.39 is 5.97 Å². The lowest BCUT2D eigenvalue weighted by Gasteiger charge is -2.51. The summed E-state index contributed by atoms with van der Waals surface area (Å²) in [5.74, 6) is 0.0672. The normalized spacial score (nSPS) is 24.7. The van der Waals surface area contributed by atoms with E-state index in [9.17, 15) is 4.79 Å². The quantitative estimate of drug-likeness (QED) is 0.855. The van der Waals surface area contributed by atoms with Crippen LogP contribution in [-0.2, 0) is 16.1 Å². The molecule has 1 N–H and O–H groups in total. The zero-order valence-electron chi connectivity index (χ0n) is 11.6. The lowest BCUT2D eigenvalue weighted by atomic mass is 9.54. The monoisotopic (exact) mass is 262 g/mol. The molecule has 1 saturated carbocycles. The predicted octanol–water partition coefficient (Wildman–Crippen LogP) is 3.34. The van der Waals surface area contributed by atoms with Crippen LogP contribution in [0.3, 0.4) is 0 Å². The van der Waals surface area contributed by atoms with Crippen LogP contribution in [0.5, 0.6) is 0 Å². The van der Waals surface area contributed by atoms with Crippen molar-refractivity contribution in [3.05, 3.63) is 35.9 Å². The standard InChI is InChI=1S/C16H22O3/c1-16(2)13(9-15(17)18)8-14(16)11-19-10-12-6-4-3-5-7-12/h3-7,13-14H,8-11H2,1-2H3,(H,17,18). The van der Waals surface area contributed by atoms with Gasteiger partial charge in [-0.25, -0.2) is 0 Å².